The van der Waals surface area contributed by atoms with Gasteiger partial charge in [-0.2, -0.15) is 26.3 Å². The second-order valence-corrected chi connectivity index (χ2v) is 13.2. The lowest BCUT2D eigenvalue weighted by Gasteiger charge is -2.38. The highest BCUT2D eigenvalue weighted by Gasteiger charge is 2.72. The molecule has 10 nitrogen and oxygen atoms in total. The average Bonchev–Trinajstić information content (AvgIpc) is 3.22. The highest BCUT2D eigenvalue weighted by atomic mass is 19.4. The van der Waals surface area contributed by atoms with Crippen molar-refractivity contribution < 1.29 is 65.1 Å². The zero-order chi connectivity index (χ0) is 44.5. The molecule has 0 aliphatic carbocycles. The number of carbonyl (C=O) groups is 3. The van der Waals surface area contributed by atoms with Gasteiger partial charge < -0.3 is 39.9 Å². The smallest absolute Gasteiger partial charge is 0.411 e. The van der Waals surface area contributed by atoms with Crippen LogP contribution in [0.5, 0.6) is 40.2 Å². The van der Waals surface area contributed by atoms with E-state index >= 15 is 0 Å². The Morgan fingerprint density at radius 1 is 0.590 bits per heavy atom. The molecule has 0 aliphatic rings. The molecule has 0 saturated carbocycles. The Hall–Kier alpha value is -7.33. The highest BCUT2D eigenvalue weighted by molar-refractivity contribution is 6.11. The van der Waals surface area contributed by atoms with Crippen LogP contribution >= 0.6 is 0 Å². The number of aryl methyl sites for hydroxylation is 1. The van der Waals surface area contributed by atoms with Gasteiger partial charge in [-0.25, -0.2) is 4.79 Å². The summed E-state index contributed by atoms with van der Waals surface area (Å²) in [6.45, 7) is 4.19. The van der Waals surface area contributed by atoms with Crippen molar-refractivity contribution in [3.05, 3.63) is 167 Å². The largest absolute Gasteiger partial charge is 0.508 e. The molecule has 0 spiro atoms. The minimum Gasteiger partial charge on any atom is -0.508 e. The van der Waals surface area contributed by atoms with Crippen LogP contribution < -0.4 is 24.8 Å². The van der Waals surface area contributed by atoms with Crippen LogP contribution in [0.4, 0.5) is 32.0 Å². The van der Waals surface area contributed by atoms with E-state index in [0.717, 1.165) is 42.0 Å². The Kier molecular flexibility index (Phi) is 13.7. The fourth-order valence-electron chi connectivity index (χ4n) is 6.27. The van der Waals surface area contributed by atoms with Gasteiger partial charge in [-0.05, 0) is 122 Å². The van der Waals surface area contributed by atoms with Gasteiger partial charge in [0.2, 0.25) is 5.41 Å². The number of anilines is 1. The molecule has 0 saturated heterocycles. The second-order valence-electron chi connectivity index (χ2n) is 13.2. The van der Waals surface area contributed by atoms with Gasteiger partial charge in [-0.3, -0.25) is 4.79 Å². The highest BCUT2D eigenvalue weighted by Crippen LogP contribution is 2.56. The van der Waals surface area contributed by atoms with Crippen molar-refractivity contribution in [3.63, 3.8) is 0 Å². The molecule has 61 heavy (non-hydrogen) atoms. The molecule has 0 fully saturated rings. The number of ether oxygens (including phenoxy) is 3. The lowest BCUT2D eigenvalue weighted by atomic mass is 9.73. The lowest BCUT2D eigenvalue weighted by molar-refractivity contribution is -0.288. The first-order chi connectivity index (χ1) is 29.0. The van der Waals surface area contributed by atoms with Crippen LogP contribution in [0.3, 0.4) is 0 Å². The number of phenols is 1. The molecule has 316 valence electrons. The SMILES string of the molecule is C=O.CNCc1cc(Oc2ccc(C(=O)O)c(C(=O)Nc3ccc(Oc4ccc(C(c5ccc(Oc6ccc(C)cc6)cc5)(C(F)(F)F)C(F)(F)F)cc4)cc3)c2)ccc1O. The van der Waals surface area contributed by atoms with Crippen molar-refractivity contribution in [1.82, 2.24) is 5.32 Å². The number of rotatable bonds is 13. The van der Waals surface area contributed by atoms with E-state index in [2.05, 4.69) is 10.6 Å². The molecule has 0 aromatic heterocycles. The monoisotopic (exact) mass is 846 g/mol. The minimum absolute atomic E-state index is 0.0409. The van der Waals surface area contributed by atoms with Crippen molar-refractivity contribution in [2.45, 2.75) is 31.2 Å². The maximum Gasteiger partial charge on any atom is 0.411 e. The van der Waals surface area contributed by atoms with E-state index in [4.69, 9.17) is 19.0 Å². The van der Waals surface area contributed by atoms with Crippen LogP contribution in [-0.2, 0) is 16.8 Å². The van der Waals surface area contributed by atoms with E-state index in [1.807, 2.05) is 13.7 Å². The summed E-state index contributed by atoms with van der Waals surface area (Å²) in [5, 5.41) is 25.3. The summed E-state index contributed by atoms with van der Waals surface area (Å²) in [5.74, 6) is -1.25. The molecule has 1 amide bonds. The number of halogens is 6. The van der Waals surface area contributed by atoms with E-state index in [1.165, 1.54) is 54.6 Å². The first-order valence-corrected chi connectivity index (χ1v) is 18.0. The van der Waals surface area contributed by atoms with Crippen LogP contribution in [0.2, 0.25) is 0 Å². The van der Waals surface area contributed by atoms with Gasteiger partial charge in [-0.1, -0.05) is 42.0 Å². The molecule has 16 heteroatoms. The maximum atomic E-state index is 14.8. The number of carboxylic acids is 1. The van der Waals surface area contributed by atoms with Crippen molar-refractivity contribution in [3.8, 4) is 40.2 Å². The topological polar surface area (TPSA) is 143 Å². The molecule has 0 unspecified atom stereocenters. The van der Waals surface area contributed by atoms with E-state index in [-0.39, 0.29) is 45.6 Å². The second kappa shape index (κ2) is 18.7. The molecule has 0 atom stereocenters. The molecule has 6 aromatic carbocycles. The molecule has 0 bridgehead atoms. The van der Waals surface area contributed by atoms with Crippen LogP contribution in [0.15, 0.2) is 133 Å². The number of alkyl halides is 6. The maximum absolute atomic E-state index is 14.8. The number of phenolic OH excluding ortho intramolecular Hbond substituents is 1. The summed E-state index contributed by atoms with van der Waals surface area (Å²) >= 11 is 0. The van der Waals surface area contributed by atoms with Crippen LogP contribution in [-0.4, -0.2) is 48.3 Å². The van der Waals surface area contributed by atoms with Gasteiger partial charge in [0.25, 0.3) is 5.91 Å². The molecule has 0 heterocycles. The Balaban J connectivity index is 0.00000347. The number of nitrogens with one attached hydrogen (secondary N) is 2. The normalized spacial score (nSPS) is 11.5. The van der Waals surface area contributed by atoms with Gasteiger partial charge in [0.15, 0.2) is 0 Å². The minimum atomic E-state index is -5.81. The number of hydrogen-bond donors (Lipinski definition) is 4. The summed E-state index contributed by atoms with van der Waals surface area (Å²) in [4.78, 5) is 33.2. The average molecular weight is 847 g/mol. The third kappa shape index (κ3) is 10.1. The molecule has 0 aliphatic heterocycles. The molecule has 0 radical (unpaired) electrons. The fourth-order valence-corrected chi connectivity index (χ4v) is 6.27. The predicted molar refractivity (Wildman–Crippen MR) is 213 cm³/mol. The Bertz CT molecular complexity index is 2440. The molecular weight excluding hydrogens is 810 g/mol. The van der Waals surface area contributed by atoms with Crippen LogP contribution in [0.25, 0.3) is 0 Å². The summed E-state index contributed by atoms with van der Waals surface area (Å²) in [6.07, 6.45) is -11.6. The summed E-state index contributed by atoms with van der Waals surface area (Å²) in [7, 11) is 1.70. The molecule has 4 N–H and O–H groups in total. The van der Waals surface area contributed by atoms with E-state index in [1.54, 1.807) is 37.4 Å². The Labute approximate surface area is 345 Å². The fraction of sp³-hybridized carbons (Fsp3) is 0.133. The number of hydrogen-bond acceptors (Lipinski definition) is 8. The van der Waals surface area contributed by atoms with Gasteiger partial charge in [0, 0.05) is 17.8 Å². The third-order valence-electron chi connectivity index (χ3n) is 9.15. The zero-order valence-electron chi connectivity index (χ0n) is 32.2. The Morgan fingerprint density at radius 3 is 1.46 bits per heavy atom. The van der Waals surface area contributed by atoms with Crippen LogP contribution in [0, 0.1) is 6.92 Å². The first-order valence-electron chi connectivity index (χ1n) is 18.0. The number of carboxylic acid groups (broad SMARTS) is 1. The number of aromatic carboxylic acids is 1. The first kappa shape index (κ1) is 44.8. The van der Waals surface area contributed by atoms with Crippen LogP contribution in [0.1, 0.15) is 43.0 Å². The predicted octanol–water partition coefficient (Wildman–Crippen LogP) is 11.0. The van der Waals surface area contributed by atoms with Crippen molar-refractivity contribution >= 4 is 24.4 Å². The summed E-state index contributed by atoms with van der Waals surface area (Å²) < 4.78 is 106. The van der Waals surface area contributed by atoms with Crippen molar-refractivity contribution in [2.75, 3.05) is 12.4 Å². The number of carbonyl (C=O) groups excluding carboxylic acids is 2. The van der Waals surface area contributed by atoms with E-state index in [9.17, 15) is 46.1 Å². The lowest BCUT2D eigenvalue weighted by Crippen LogP contribution is -2.54. The van der Waals surface area contributed by atoms with Crippen molar-refractivity contribution in [2.24, 2.45) is 0 Å². The van der Waals surface area contributed by atoms with E-state index < -0.39 is 40.8 Å². The standard InChI is InChI=1S/C44H34F6N2O7.CH2O/c1-26-3-11-31(12-4-26)57-32-13-5-28(6-14-32)42(43(45,46)47,44(48,49)50)29-7-15-33(16-8-29)58-34-17-9-30(10-18-34)52-40(54)38-24-36(19-21-37(38)41(55)56)59-35-20-22-39(53)27(23-35)25-51-2;1-2/h3-24,51,53H,25H2,1-2H3,(H,52,54)(H,55,56);1H2. The van der Waals surface area contributed by atoms with Gasteiger partial charge in [0.1, 0.15) is 47.0 Å². The number of aromatic hydroxyl groups is 1. The molecule has 6 rings (SSSR count). The Morgan fingerprint density at radius 2 is 1.00 bits per heavy atom. The number of benzene rings is 6. The van der Waals surface area contributed by atoms with Crippen molar-refractivity contribution in [1.29, 1.82) is 0 Å². The van der Waals surface area contributed by atoms with E-state index in [0.29, 0.717) is 35.7 Å². The zero-order valence-corrected chi connectivity index (χ0v) is 32.2. The number of amides is 1. The molecule has 6 aromatic rings. The van der Waals surface area contributed by atoms with Gasteiger partial charge >= 0.3 is 18.3 Å². The third-order valence-corrected chi connectivity index (χ3v) is 9.15. The quantitative estimate of drug-likeness (QED) is 0.0835. The van der Waals surface area contributed by atoms with Gasteiger partial charge in [-0.15, -0.1) is 0 Å². The summed E-state index contributed by atoms with van der Waals surface area (Å²) in [6, 6.07) is 27.5. The summed E-state index contributed by atoms with van der Waals surface area (Å²) in [5.41, 5.74) is -5.42. The van der Waals surface area contributed by atoms with Gasteiger partial charge in [0.05, 0.1) is 11.1 Å². The molecular formula is C45H36F6N2O8.